The third kappa shape index (κ3) is 2.61. The number of hydrogen-bond donors (Lipinski definition) is 2. The van der Waals surface area contributed by atoms with Crippen LogP contribution < -0.4 is 5.73 Å². The number of aliphatic hydroxyl groups is 1. The number of aliphatic hydroxyl groups excluding tert-OH is 1. The maximum atomic E-state index is 12.6. The molecular formula is C15H19N3O2S. The fourth-order valence-corrected chi connectivity index (χ4v) is 3.93. The lowest BCUT2D eigenvalue weighted by Crippen LogP contribution is -2.28. The van der Waals surface area contributed by atoms with Gasteiger partial charge in [0.1, 0.15) is 9.71 Å². The molecule has 0 spiro atoms. The zero-order chi connectivity index (χ0) is 15.0. The molecule has 0 aromatic carbocycles. The van der Waals surface area contributed by atoms with Crippen molar-refractivity contribution in [3.05, 3.63) is 22.7 Å². The Balaban J connectivity index is 1.87. The average molecular weight is 305 g/mol. The smallest absolute Gasteiger partial charge is 0.266 e. The van der Waals surface area contributed by atoms with Gasteiger partial charge in [-0.15, -0.1) is 11.3 Å². The van der Waals surface area contributed by atoms with Gasteiger partial charge in [-0.3, -0.25) is 4.79 Å². The number of aryl methyl sites for hydroxylation is 1. The maximum Gasteiger partial charge on any atom is 0.266 e. The van der Waals surface area contributed by atoms with Gasteiger partial charge in [0.15, 0.2) is 0 Å². The number of carbonyl (C=O) groups excluding carboxylic acids is 1. The van der Waals surface area contributed by atoms with Crippen LogP contribution in [0, 0.1) is 12.8 Å². The maximum absolute atomic E-state index is 12.6. The predicted molar refractivity (Wildman–Crippen MR) is 84.5 cm³/mol. The molecule has 0 aliphatic carbocycles. The predicted octanol–water partition coefficient (Wildman–Crippen LogP) is 2.03. The molecule has 1 aliphatic rings. The number of carbonyl (C=O) groups is 1. The van der Waals surface area contributed by atoms with Crippen LogP contribution in [0.4, 0.5) is 5.69 Å². The first-order valence-electron chi connectivity index (χ1n) is 7.16. The Hall–Kier alpha value is -1.66. The van der Waals surface area contributed by atoms with Crippen molar-refractivity contribution in [3.8, 4) is 0 Å². The first kappa shape index (κ1) is 14.3. The van der Waals surface area contributed by atoms with Gasteiger partial charge in [0.25, 0.3) is 5.91 Å². The van der Waals surface area contributed by atoms with E-state index in [1.807, 2.05) is 24.0 Å². The van der Waals surface area contributed by atoms with Gasteiger partial charge >= 0.3 is 0 Å². The van der Waals surface area contributed by atoms with Crippen LogP contribution in [0.5, 0.6) is 0 Å². The number of aromatic nitrogens is 1. The van der Waals surface area contributed by atoms with Crippen molar-refractivity contribution in [2.24, 2.45) is 5.92 Å². The highest BCUT2D eigenvalue weighted by Crippen LogP contribution is 2.34. The van der Waals surface area contributed by atoms with Crippen molar-refractivity contribution < 1.29 is 9.90 Å². The molecule has 3 N–H and O–H groups in total. The Morgan fingerprint density at radius 2 is 2.38 bits per heavy atom. The minimum atomic E-state index is -0.00593. The largest absolute Gasteiger partial charge is 0.397 e. The van der Waals surface area contributed by atoms with E-state index >= 15 is 0 Å². The molecule has 5 nitrogen and oxygen atoms in total. The van der Waals surface area contributed by atoms with Gasteiger partial charge in [0.05, 0.1) is 5.69 Å². The molecule has 2 aromatic heterocycles. The molecular weight excluding hydrogens is 286 g/mol. The number of thiophene rings is 1. The molecule has 3 rings (SSSR count). The Bertz CT molecular complexity index is 683. The van der Waals surface area contributed by atoms with Gasteiger partial charge in [0, 0.05) is 30.8 Å². The number of anilines is 1. The van der Waals surface area contributed by atoms with E-state index in [0.717, 1.165) is 35.3 Å². The van der Waals surface area contributed by atoms with Gasteiger partial charge in [-0.05, 0) is 37.8 Å². The van der Waals surface area contributed by atoms with E-state index in [1.165, 1.54) is 11.3 Å². The Morgan fingerprint density at radius 3 is 3.14 bits per heavy atom. The number of pyridine rings is 1. The SMILES string of the molecule is Cc1ccc2c(N)c(C(=O)N3CCC(CCO)C3)sc2n1. The molecule has 1 fully saturated rings. The van der Waals surface area contributed by atoms with E-state index in [4.69, 9.17) is 10.8 Å². The van der Waals surface area contributed by atoms with Crippen LogP contribution in [-0.4, -0.2) is 40.6 Å². The van der Waals surface area contributed by atoms with Crippen LogP contribution in [0.25, 0.3) is 10.2 Å². The van der Waals surface area contributed by atoms with E-state index < -0.39 is 0 Å². The molecule has 0 saturated carbocycles. The fourth-order valence-electron chi connectivity index (χ4n) is 2.83. The second kappa shape index (κ2) is 5.61. The number of amides is 1. The van der Waals surface area contributed by atoms with E-state index in [9.17, 15) is 4.79 Å². The quantitative estimate of drug-likeness (QED) is 0.909. The Morgan fingerprint density at radius 1 is 1.57 bits per heavy atom. The molecule has 0 bridgehead atoms. The monoisotopic (exact) mass is 305 g/mol. The number of nitrogens with zero attached hydrogens (tertiary/aromatic N) is 2. The number of rotatable bonds is 3. The zero-order valence-electron chi connectivity index (χ0n) is 12.0. The van der Waals surface area contributed by atoms with Crippen LogP contribution in [0.1, 0.15) is 28.2 Å². The number of hydrogen-bond acceptors (Lipinski definition) is 5. The highest BCUT2D eigenvalue weighted by molar-refractivity contribution is 7.21. The van der Waals surface area contributed by atoms with E-state index in [1.54, 1.807) is 0 Å². The number of nitrogens with two attached hydrogens (primary N) is 1. The van der Waals surface area contributed by atoms with Crippen LogP contribution in [0.3, 0.4) is 0 Å². The molecule has 21 heavy (non-hydrogen) atoms. The summed E-state index contributed by atoms with van der Waals surface area (Å²) < 4.78 is 0. The topological polar surface area (TPSA) is 79.5 Å². The van der Waals surface area contributed by atoms with Gasteiger partial charge in [-0.2, -0.15) is 0 Å². The zero-order valence-corrected chi connectivity index (χ0v) is 12.8. The van der Waals surface area contributed by atoms with Crippen molar-refractivity contribution in [2.45, 2.75) is 19.8 Å². The van der Waals surface area contributed by atoms with Gasteiger partial charge in [0.2, 0.25) is 0 Å². The molecule has 1 aliphatic heterocycles. The molecule has 112 valence electrons. The van der Waals surface area contributed by atoms with Crippen LogP contribution in [0.2, 0.25) is 0 Å². The van der Waals surface area contributed by atoms with E-state index in [-0.39, 0.29) is 12.5 Å². The normalized spacial score (nSPS) is 18.6. The van der Waals surface area contributed by atoms with Crippen LogP contribution >= 0.6 is 11.3 Å². The summed E-state index contributed by atoms with van der Waals surface area (Å²) in [6.45, 7) is 3.56. The molecule has 3 heterocycles. The van der Waals surface area contributed by atoms with Gasteiger partial charge < -0.3 is 15.7 Å². The highest BCUT2D eigenvalue weighted by Gasteiger charge is 2.29. The van der Waals surface area contributed by atoms with Gasteiger partial charge in [-0.1, -0.05) is 0 Å². The molecule has 2 aromatic rings. The Labute approximate surface area is 127 Å². The van der Waals surface area contributed by atoms with Gasteiger partial charge in [-0.25, -0.2) is 4.98 Å². The minimum Gasteiger partial charge on any atom is -0.397 e. The average Bonchev–Trinajstić information content (AvgIpc) is 3.04. The summed E-state index contributed by atoms with van der Waals surface area (Å²) in [6, 6.07) is 3.84. The molecule has 1 amide bonds. The van der Waals surface area contributed by atoms with Crippen molar-refractivity contribution in [1.29, 1.82) is 0 Å². The summed E-state index contributed by atoms with van der Waals surface area (Å²) in [4.78, 5) is 20.3. The van der Waals surface area contributed by atoms with Crippen LogP contribution in [0.15, 0.2) is 12.1 Å². The lowest BCUT2D eigenvalue weighted by atomic mass is 10.1. The van der Waals surface area contributed by atoms with Crippen molar-refractivity contribution in [3.63, 3.8) is 0 Å². The number of nitrogen functional groups attached to an aromatic ring is 1. The summed E-state index contributed by atoms with van der Waals surface area (Å²) in [6.07, 6.45) is 1.71. The molecule has 0 radical (unpaired) electrons. The van der Waals surface area contributed by atoms with E-state index in [0.29, 0.717) is 23.0 Å². The van der Waals surface area contributed by atoms with Crippen molar-refractivity contribution >= 4 is 33.1 Å². The van der Waals surface area contributed by atoms with Crippen LogP contribution in [-0.2, 0) is 0 Å². The van der Waals surface area contributed by atoms with E-state index in [2.05, 4.69) is 4.98 Å². The lowest BCUT2D eigenvalue weighted by molar-refractivity contribution is 0.0790. The first-order chi connectivity index (χ1) is 10.1. The molecule has 1 unspecified atom stereocenters. The standard InChI is InChI=1S/C15H19N3O2S/c1-9-2-3-11-12(16)13(21-14(11)17-9)15(20)18-6-4-10(8-18)5-7-19/h2-3,10,19H,4-8,16H2,1H3. The molecule has 1 atom stereocenters. The fraction of sp³-hybridized carbons (Fsp3) is 0.467. The summed E-state index contributed by atoms with van der Waals surface area (Å²) in [7, 11) is 0. The summed E-state index contributed by atoms with van der Waals surface area (Å²) in [5.74, 6) is 0.392. The first-order valence-corrected chi connectivity index (χ1v) is 7.97. The lowest BCUT2D eigenvalue weighted by Gasteiger charge is -2.15. The summed E-state index contributed by atoms with van der Waals surface area (Å²) >= 11 is 1.37. The molecule has 6 heteroatoms. The second-order valence-corrected chi connectivity index (χ2v) is 6.57. The van der Waals surface area contributed by atoms with Crippen molar-refractivity contribution in [2.75, 3.05) is 25.4 Å². The highest BCUT2D eigenvalue weighted by atomic mass is 32.1. The summed E-state index contributed by atoms with van der Waals surface area (Å²) in [5, 5.41) is 9.87. The number of fused-ring (bicyclic) bond motifs is 1. The third-order valence-electron chi connectivity index (χ3n) is 4.04. The van der Waals surface area contributed by atoms with Crippen molar-refractivity contribution in [1.82, 2.24) is 9.88 Å². The molecule has 1 saturated heterocycles. The Kier molecular flexibility index (Phi) is 3.82. The third-order valence-corrected chi connectivity index (χ3v) is 5.14. The number of likely N-dealkylation sites (tertiary alicyclic amines) is 1. The second-order valence-electron chi connectivity index (χ2n) is 5.57. The minimum absolute atomic E-state index is 0.00593. The summed E-state index contributed by atoms with van der Waals surface area (Å²) in [5.41, 5.74) is 7.60.